The summed E-state index contributed by atoms with van der Waals surface area (Å²) in [7, 11) is 0. The number of thiophene rings is 2. The van der Waals surface area contributed by atoms with Crippen LogP contribution in [-0.2, 0) is 11.3 Å². The van der Waals surface area contributed by atoms with Crippen molar-refractivity contribution >= 4 is 32.9 Å². The molecule has 0 spiro atoms. The number of nitrogens with zero attached hydrogens (tertiary/aromatic N) is 5. The molecular weight excluding hydrogens is 470 g/mol. The van der Waals surface area contributed by atoms with Crippen LogP contribution in [0.15, 0.2) is 51.7 Å². The number of fused-ring (bicyclic) bond motifs is 1. The molecule has 1 aromatic carbocycles. The summed E-state index contributed by atoms with van der Waals surface area (Å²) in [6.45, 7) is 5.63. The summed E-state index contributed by atoms with van der Waals surface area (Å²) in [4.78, 5) is 18.5. The van der Waals surface area contributed by atoms with Crippen LogP contribution < -0.4 is 4.74 Å². The fourth-order valence-corrected chi connectivity index (χ4v) is 5.67. The van der Waals surface area contributed by atoms with E-state index in [0.29, 0.717) is 29.9 Å². The third-order valence-electron chi connectivity index (χ3n) is 5.54. The van der Waals surface area contributed by atoms with Crippen molar-refractivity contribution in [2.75, 3.05) is 26.3 Å². The van der Waals surface area contributed by atoms with E-state index in [9.17, 15) is 0 Å². The second kappa shape index (κ2) is 9.22. The van der Waals surface area contributed by atoms with Crippen LogP contribution in [0.4, 0.5) is 0 Å². The van der Waals surface area contributed by atoms with Gasteiger partial charge >= 0.3 is 0 Å². The molecule has 0 atom stereocenters. The van der Waals surface area contributed by atoms with E-state index in [1.165, 1.54) is 0 Å². The largest absolute Gasteiger partial charge is 0.438 e. The van der Waals surface area contributed by atoms with E-state index >= 15 is 0 Å². The van der Waals surface area contributed by atoms with Crippen LogP contribution in [0.1, 0.15) is 11.7 Å². The number of ether oxygens (including phenoxy) is 2. The van der Waals surface area contributed by atoms with Gasteiger partial charge in [-0.1, -0.05) is 23.4 Å². The van der Waals surface area contributed by atoms with Crippen molar-refractivity contribution in [3.05, 3.63) is 58.9 Å². The molecule has 0 saturated carbocycles. The number of hydrogen-bond donors (Lipinski definition) is 0. The average Bonchev–Trinajstić information content (AvgIpc) is 3.61. The van der Waals surface area contributed by atoms with Gasteiger partial charge in [-0.15, -0.1) is 22.7 Å². The molecule has 0 bridgehead atoms. The van der Waals surface area contributed by atoms with Crippen LogP contribution in [0, 0.1) is 6.92 Å². The van der Waals surface area contributed by atoms with E-state index in [-0.39, 0.29) is 0 Å². The first-order valence-corrected chi connectivity index (χ1v) is 12.7. The number of morpholine rings is 1. The minimum atomic E-state index is 0.519. The molecule has 6 rings (SSSR count). The molecule has 8 nitrogen and oxygen atoms in total. The van der Waals surface area contributed by atoms with Gasteiger partial charge < -0.3 is 14.0 Å². The fourth-order valence-electron chi connectivity index (χ4n) is 3.90. The van der Waals surface area contributed by atoms with E-state index in [0.717, 1.165) is 58.3 Å². The fraction of sp³-hybridized carbons (Fsp3) is 0.250. The lowest BCUT2D eigenvalue weighted by molar-refractivity contribution is 0.0330. The summed E-state index contributed by atoms with van der Waals surface area (Å²) >= 11 is 3.31. The number of rotatable bonds is 6. The van der Waals surface area contributed by atoms with Crippen LogP contribution in [0.3, 0.4) is 0 Å². The van der Waals surface area contributed by atoms with E-state index in [1.54, 1.807) is 29.6 Å². The van der Waals surface area contributed by atoms with E-state index in [1.807, 2.05) is 30.3 Å². The Hall–Kier alpha value is -3.18. The Balaban J connectivity index is 1.40. The highest BCUT2D eigenvalue weighted by Crippen LogP contribution is 2.41. The predicted molar refractivity (Wildman–Crippen MR) is 131 cm³/mol. The summed E-state index contributed by atoms with van der Waals surface area (Å²) in [5, 5.41) is 9.16. The average molecular weight is 492 g/mol. The lowest BCUT2D eigenvalue weighted by Crippen LogP contribution is -2.36. The summed E-state index contributed by atoms with van der Waals surface area (Å²) in [5.74, 6) is 3.00. The third-order valence-corrected chi connectivity index (χ3v) is 7.31. The Morgan fingerprint density at radius 1 is 1.06 bits per heavy atom. The van der Waals surface area contributed by atoms with Crippen molar-refractivity contribution in [1.29, 1.82) is 0 Å². The Morgan fingerprint density at radius 3 is 2.76 bits per heavy atom. The van der Waals surface area contributed by atoms with Gasteiger partial charge in [0.2, 0.25) is 17.6 Å². The van der Waals surface area contributed by atoms with Gasteiger partial charge in [-0.3, -0.25) is 4.90 Å². The van der Waals surface area contributed by atoms with Crippen LogP contribution in [0.25, 0.3) is 32.0 Å². The first-order chi connectivity index (χ1) is 16.7. The van der Waals surface area contributed by atoms with E-state index in [4.69, 9.17) is 24.0 Å². The lowest BCUT2D eigenvalue weighted by atomic mass is 10.2. The maximum atomic E-state index is 6.42. The normalized spacial score (nSPS) is 14.6. The molecule has 10 heteroatoms. The highest BCUT2D eigenvalue weighted by molar-refractivity contribution is 7.18. The van der Waals surface area contributed by atoms with Gasteiger partial charge in [0.05, 0.1) is 25.1 Å². The zero-order chi connectivity index (χ0) is 22.9. The minimum Gasteiger partial charge on any atom is -0.438 e. The zero-order valence-electron chi connectivity index (χ0n) is 18.4. The molecule has 0 amide bonds. The van der Waals surface area contributed by atoms with Crippen LogP contribution in [0.2, 0.25) is 0 Å². The maximum Gasteiger partial charge on any atom is 0.232 e. The highest BCUT2D eigenvalue weighted by Gasteiger charge is 2.20. The first kappa shape index (κ1) is 21.4. The minimum absolute atomic E-state index is 0.519. The molecule has 172 valence electrons. The summed E-state index contributed by atoms with van der Waals surface area (Å²) in [6.07, 6.45) is 0. The Kier molecular flexibility index (Phi) is 5.79. The molecule has 0 radical (unpaired) electrons. The molecule has 0 N–H and O–H groups in total. The van der Waals surface area contributed by atoms with Crippen molar-refractivity contribution in [2.45, 2.75) is 13.5 Å². The van der Waals surface area contributed by atoms with E-state index < -0.39 is 0 Å². The van der Waals surface area contributed by atoms with Crippen LogP contribution >= 0.6 is 22.7 Å². The van der Waals surface area contributed by atoms with Gasteiger partial charge in [0.25, 0.3) is 0 Å². The first-order valence-electron chi connectivity index (χ1n) is 10.9. The molecular formula is C24H21N5O3S2. The van der Waals surface area contributed by atoms with Gasteiger partial charge in [-0.05, 0) is 23.6 Å². The quantitative estimate of drug-likeness (QED) is 0.312. The molecule has 1 fully saturated rings. The van der Waals surface area contributed by atoms with Gasteiger partial charge in [0.1, 0.15) is 16.4 Å². The predicted octanol–water partition coefficient (Wildman–Crippen LogP) is 5.40. The molecule has 5 aromatic rings. The Bertz CT molecular complexity index is 1420. The second-order valence-corrected chi connectivity index (χ2v) is 9.71. The number of benzene rings is 1. The maximum absolute atomic E-state index is 6.42. The van der Waals surface area contributed by atoms with Gasteiger partial charge in [-0.25, -0.2) is 4.98 Å². The van der Waals surface area contributed by atoms with Crippen molar-refractivity contribution in [3.8, 4) is 33.5 Å². The Labute approximate surface area is 203 Å². The summed E-state index contributed by atoms with van der Waals surface area (Å²) in [5.41, 5.74) is 1.91. The molecule has 1 aliphatic rings. The summed E-state index contributed by atoms with van der Waals surface area (Å²) in [6, 6.07) is 11.8. The number of hydrogen-bond acceptors (Lipinski definition) is 10. The standard InChI is InChI=1S/C24H21N5O3S2/c1-15-25-22(28-32-15)16-4-2-5-17(12-16)31-23-21-18(19-6-3-11-33-19)14-34-24(21)27-20(26-23)13-29-7-9-30-10-8-29/h2-6,11-12,14H,7-10,13H2,1H3. The third kappa shape index (κ3) is 4.32. The Morgan fingerprint density at radius 2 is 1.97 bits per heavy atom. The highest BCUT2D eigenvalue weighted by atomic mass is 32.1. The SMILES string of the molecule is Cc1nc(-c2cccc(Oc3nc(CN4CCOCC4)nc4scc(-c5cccs5)c34)c2)no1. The van der Waals surface area contributed by atoms with Gasteiger partial charge in [0, 0.05) is 41.4 Å². The molecule has 1 saturated heterocycles. The van der Waals surface area contributed by atoms with Crippen molar-refractivity contribution in [1.82, 2.24) is 25.0 Å². The topological polar surface area (TPSA) is 86.4 Å². The second-order valence-electron chi connectivity index (χ2n) is 7.91. The molecule has 0 aliphatic carbocycles. The smallest absolute Gasteiger partial charge is 0.232 e. The van der Waals surface area contributed by atoms with Crippen molar-refractivity contribution < 1.29 is 14.0 Å². The van der Waals surface area contributed by atoms with Crippen LogP contribution in [-0.4, -0.2) is 51.3 Å². The van der Waals surface area contributed by atoms with Gasteiger partial charge in [-0.2, -0.15) is 9.97 Å². The molecule has 0 unspecified atom stereocenters. The zero-order valence-corrected chi connectivity index (χ0v) is 20.1. The molecule has 4 aromatic heterocycles. The van der Waals surface area contributed by atoms with E-state index in [2.05, 4.69) is 31.9 Å². The number of aromatic nitrogens is 4. The molecule has 1 aliphatic heterocycles. The molecule has 34 heavy (non-hydrogen) atoms. The van der Waals surface area contributed by atoms with Crippen molar-refractivity contribution in [2.24, 2.45) is 0 Å². The lowest BCUT2D eigenvalue weighted by Gasteiger charge is -2.25. The van der Waals surface area contributed by atoms with Gasteiger partial charge in [0.15, 0.2) is 0 Å². The van der Waals surface area contributed by atoms with Crippen LogP contribution in [0.5, 0.6) is 11.6 Å². The molecule has 5 heterocycles. The monoisotopic (exact) mass is 491 g/mol. The number of aryl methyl sites for hydroxylation is 1. The summed E-state index contributed by atoms with van der Waals surface area (Å²) < 4.78 is 17.0. The van der Waals surface area contributed by atoms with Crippen molar-refractivity contribution in [3.63, 3.8) is 0 Å².